The number of nitro groups is 1. The molecule has 1 amide bonds. The summed E-state index contributed by atoms with van der Waals surface area (Å²) in [5.41, 5.74) is -2.32. The largest absolute Gasteiger partial charge is 0.435 e. The molecule has 0 saturated carbocycles. The van der Waals surface area contributed by atoms with E-state index in [2.05, 4.69) is 10.4 Å². The minimum absolute atomic E-state index is 0.0783. The summed E-state index contributed by atoms with van der Waals surface area (Å²) in [5, 5.41) is 16.4. The molecule has 23 heavy (non-hydrogen) atoms. The van der Waals surface area contributed by atoms with Gasteiger partial charge in [0.25, 0.3) is 11.6 Å². The van der Waals surface area contributed by atoms with Gasteiger partial charge >= 0.3 is 6.18 Å². The van der Waals surface area contributed by atoms with E-state index in [1.54, 1.807) is 0 Å². The number of anilines is 1. The maximum absolute atomic E-state index is 12.6. The minimum atomic E-state index is -4.71. The Bertz CT molecular complexity index is 788. The first-order valence-corrected chi connectivity index (χ1v) is 6.34. The molecule has 0 aliphatic rings. The van der Waals surface area contributed by atoms with Crippen LogP contribution in [0, 0.1) is 10.1 Å². The summed E-state index contributed by atoms with van der Waals surface area (Å²) in [4.78, 5) is 22.2. The lowest BCUT2D eigenvalue weighted by Gasteiger charge is -2.06. The van der Waals surface area contributed by atoms with Gasteiger partial charge in [-0.3, -0.25) is 19.6 Å². The Hall–Kier alpha value is -2.62. The van der Waals surface area contributed by atoms with Gasteiger partial charge < -0.3 is 5.32 Å². The first-order chi connectivity index (χ1) is 10.6. The predicted octanol–water partition coefficient (Wildman–Crippen LogP) is 3.25. The predicted molar refractivity (Wildman–Crippen MR) is 74.3 cm³/mol. The van der Waals surface area contributed by atoms with Crippen molar-refractivity contribution < 1.29 is 22.9 Å². The zero-order valence-corrected chi connectivity index (χ0v) is 12.1. The summed E-state index contributed by atoms with van der Waals surface area (Å²) in [6.45, 7) is 0. The van der Waals surface area contributed by atoms with Crippen LogP contribution in [0.4, 0.5) is 24.5 Å². The summed E-state index contributed by atoms with van der Waals surface area (Å²) >= 11 is 5.64. The van der Waals surface area contributed by atoms with E-state index in [-0.39, 0.29) is 10.7 Å². The van der Waals surface area contributed by atoms with Gasteiger partial charge in [0, 0.05) is 24.2 Å². The Morgan fingerprint density at radius 3 is 2.57 bits per heavy atom. The molecule has 0 spiro atoms. The zero-order chi connectivity index (χ0) is 17.4. The molecule has 0 aliphatic heterocycles. The average molecular weight is 349 g/mol. The Balaban J connectivity index is 2.34. The van der Waals surface area contributed by atoms with E-state index in [9.17, 15) is 28.1 Å². The summed E-state index contributed by atoms with van der Waals surface area (Å²) in [5.74, 6) is -0.971. The third-order valence-electron chi connectivity index (χ3n) is 2.81. The minimum Gasteiger partial charge on any atom is -0.315 e. The zero-order valence-electron chi connectivity index (χ0n) is 11.4. The van der Waals surface area contributed by atoms with Gasteiger partial charge in [-0.1, -0.05) is 11.6 Å². The van der Waals surface area contributed by atoms with E-state index in [1.165, 1.54) is 12.1 Å². The van der Waals surface area contributed by atoms with Crippen molar-refractivity contribution in [2.24, 2.45) is 7.05 Å². The molecule has 1 heterocycles. The number of halogens is 4. The molecule has 122 valence electrons. The number of aryl methyl sites for hydroxylation is 1. The standard InChI is InChI=1S/C12H8ClF3N4O3/c1-19-9(5-10(18-19)12(14,15)16)11(21)17-7-3-2-6(13)4-8(7)20(22)23/h2-5H,1H3,(H,17,21). The molecular formula is C12H8ClF3N4O3. The van der Waals surface area contributed by atoms with Gasteiger partial charge in [-0.15, -0.1) is 0 Å². The molecule has 0 bridgehead atoms. The van der Waals surface area contributed by atoms with Crippen molar-refractivity contribution in [1.29, 1.82) is 0 Å². The molecule has 0 unspecified atom stereocenters. The van der Waals surface area contributed by atoms with Gasteiger partial charge in [-0.2, -0.15) is 18.3 Å². The smallest absolute Gasteiger partial charge is 0.315 e. The molecule has 1 aromatic heterocycles. The van der Waals surface area contributed by atoms with E-state index in [4.69, 9.17) is 11.6 Å². The lowest BCUT2D eigenvalue weighted by Crippen LogP contribution is -2.16. The molecule has 0 aliphatic carbocycles. The van der Waals surface area contributed by atoms with Crippen LogP contribution in [0.25, 0.3) is 0 Å². The van der Waals surface area contributed by atoms with E-state index < -0.39 is 34.1 Å². The average Bonchev–Trinajstić information content (AvgIpc) is 2.82. The summed E-state index contributed by atoms with van der Waals surface area (Å²) in [6.07, 6.45) is -4.71. The van der Waals surface area contributed by atoms with Crippen molar-refractivity contribution in [3.8, 4) is 0 Å². The lowest BCUT2D eigenvalue weighted by molar-refractivity contribution is -0.383. The number of alkyl halides is 3. The van der Waals surface area contributed by atoms with Gasteiger partial charge in [0.1, 0.15) is 11.4 Å². The molecule has 0 radical (unpaired) electrons. The Morgan fingerprint density at radius 2 is 2.04 bits per heavy atom. The monoisotopic (exact) mass is 348 g/mol. The van der Waals surface area contributed by atoms with Crippen LogP contribution in [0.2, 0.25) is 5.02 Å². The summed E-state index contributed by atoms with van der Waals surface area (Å²) < 4.78 is 38.5. The highest BCUT2D eigenvalue weighted by molar-refractivity contribution is 6.31. The van der Waals surface area contributed by atoms with Crippen molar-refractivity contribution in [2.45, 2.75) is 6.18 Å². The van der Waals surface area contributed by atoms with Crippen LogP contribution < -0.4 is 5.32 Å². The highest BCUT2D eigenvalue weighted by Gasteiger charge is 2.35. The van der Waals surface area contributed by atoms with Crippen LogP contribution in [0.5, 0.6) is 0 Å². The Kier molecular flexibility index (Phi) is 4.28. The topological polar surface area (TPSA) is 90.1 Å². The van der Waals surface area contributed by atoms with Gasteiger partial charge in [0.2, 0.25) is 0 Å². The number of rotatable bonds is 3. The number of nitrogens with one attached hydrogen (secondary N) is 1. The van der Waals surface area contributed by atoms with Gasteiger partial charge in [-0.05, 0) is 12.1 Å². The summed E-state index contributed by atoms with van der Waals surface area (Å²) in [7, 11) is 1.15. The fraction of sp³-hybridized carbons (Fsp3) is 0.167. The number of benzene rings is 1. The van der Waals surface area contributed by atoms with Crippen LogP contribution in [0.1, 0.15) is 16.2 Å². The van der Waals surface area contributed by atoms with E-state index in [0.29, 0.717) is 6.07 Å². The molecule has 0 fully saturated rings. The number of nitrogens with zero attached hydrogens (tertiary/aromatic N) is 3. The van der Waals surface area contributed by atoms with Crippen molar-refractivity contribution in [3.63, 3.8) is 0 Å². The number of amides is 1. The fourth-order valence-corrected chi connectivity index (χ4v) is 1.93. The fourth-order valence-electron chi connectivity index (χ4n) is 1.77. The molecule has 1 aromatic carbocycles. The quantitative estimate of drug-likeness (QED) is 0.681. The normalized spacial score (nSPS) is 11.3. The van der Waals surface area contributed by atoms with Crippen LogP contribution >= 0.6 is 11.6 Å². The highest BCUT2D eigenvalue weighted by atomic mass is 35.5. The Labute approximate surface area is 131 Å². The van der Waals surface area contributed by atoms with Crippen molar-refractivity contribution in [1.82, 2.24) is 9.78 Å². The third kappa shape index (κ3) is 3.59. The highest BCUT2D eigenvalue weighted by Crippen LogP contribution is 2.30. The second-order valence-corrected chi connectivity index (χ2v) is 4.85. The SMILES string of the molecule is Cn1nc(C(F)(F)F)cc1C(=O)Nc1ccc(Cl)cc1[N+](=O)[O-]. The molecular weight excluding hydrogens is 341 g/mol. The first kappa shape index (κ1) is 16.7. The Morgan fingerprint density at radius 1 is 1.39 bits per heavy atom. The number of carbonyl (C=O) groups excluding carboxylic acids is 1. The van der Waals surface area contributed by atoms with Crippen molar-refractivity contribution >= 4 is 28.9 Å². The number of hydrogen-bond donors (Lipinski definition) is 1. The first-order valence-electron chi connectivity index (χ1n) is 5.96. The maximum atomic E-state index is 12.6. The lowest BCUT2D eigenvalue weighted by atomic mass is 10.2. The maximum Gasteiger partial charge on any atom is 0.435 e. The molecule has 7 nitrogen and oxygen atoms in total. The molecule has 0 saturated heterocycles. The number of hydrogen-bond acceptors (Lipinski definition) is 4. The summed E-state index contributed by atoms with van der Waals surface area (Å²) in [6, 6.07) is 4.05. The number of nitro benzene ring substituents is 1. The molecule has 1 N–H and O–H groups in total. The molecule has 0 atom stereocenters. The second-order valence-electron chi connectivity index (χ2n) is 4.41. The van der Waals surface area contributed by atoms with Crippen LogP contribution in [-0.4, -0.2) is 20.6 Å². The molecule has 11 heteroatoms. The third-order valence-corrected chi connectivity index (χ3v) is 3.04. The van der Waals surface area contributed by atoms with Crippen molar-refractivity contribution in [3.05, 3.63) is 50.8 Å². The van der Waals surface area contributed by atoms with Crippen LogP contribution in [0.3, 0.4) is 0 Å². The van der Waals surface area contributed by atoms with E-state index >= 15 is 0 Å². The molecule has 2 rings (SSSR count). The van der Waals surface area contributed by atoms with Gasteiger partial charge in [0.15, 0.2) is 5.69 Å². The van der Waals surface area contributed by atoms with E-state index in [1.807, 2.05) is 0 Å². The molecule has 2 aromatic rings. The number of aromatic nitrogens is 2. The van der Waals surface area contributed by atoms with Crippen LogP contribution in [-0.2, 0) is 13.2 Å². The second kappa shape index (κ2) is 5.88. The van der Waals surface area contributed by atoms with Gasteiger partial charge in [0.05, 0.1) is 4.92 Å². The van der Waals surface area contributed by atoms with Gasteiger partial charge in [-0.25, -0.2) is 0 Å². The van der Waals surface area contributed by atoms with E-state index in [0.717, 1.165) is 17.8 Å². The van der Waals surface area contributed by atoms with Crippen molar-refractivity contribution in [2.75, 3.05) is 5.32 Å². The number of carbonyl (C=O) groups is 1. The van der Waals surface area contributed by atoms with Crippen LogP contribution in [0.15, 0.2) is 24.3 Å².